The van der Waals surface area contributed by atoms with E-state index in [-0.39, 0.29) is 5.04 Å². The van der Waals surface area contributed by atoms with E-state index in [1.54, 1.807) is 42.5 Å². The minimum absolute atomic E-state index is 0.0678. The van der Waals surface area contributed by atoms with Gasteiger partial charge in [-0.15, -0.1) is 6.58 Å². The Morgan fingerprint density at radius 3 is 1.96 bits per heavy atom. The molecule has 0 aromatic heterocycles. The van der Waals surface area contributed by atoms with Crippen molar-refractivity contribution in [2.45, 2.75) is 50.6 Å². The fourth-order valence-corrected chi connectivity index (χ4v) is 3.98. The van der Waals surface area contributed by atoms with Gasteiger partial charge in [0.1, 0.15) is 6.10 Å². The highest BCUT2D eigenvalue weighted by atomic mass is 28.4. The molecule has 0 bridgehead atoms. The van der Waals surface area contributed by atoms with Gasteiger partial charge in [0.25, 0.3) is 0 Å². The second-order valence-corrected chi connectivity index (χ2v) is 13.1. The Morgan fingerprint density at radius 2 is 1.52 bits per heavy atom. The van der Waals surface area contributed by atoms with Crippen LogP contribution >= 0.6 is 0 Å². The van der Waals surface area contributed by atoms with Gasteiger partial charge in [0, 0.05) is 5.56 Å². The molecule has 27 heavy (non-hydrogen) atoms. The van der Waals surface area contributed by atoms with Crippen LogP contribution in [0, 0.1) is 0 Å². The number of benzene rings is 2. The maximum atomic E-state index is 13.4. The summed E-state index contributed by atoms with van der Waals surface area (Å²) in [6.07, 6.45) is 0.697. The summed E-state index contributed by atoms with van der Waals surface area (Å²) < 4.78 is 6.46. The molecular weight excluding hydrogens is 352 g/mol. The lowest BCUT2D eigenvalue weighted by Crippen LogP contribution is -2.53. The molecule has 0 aliphatic rings. The Kier molecular flexibility index (Phi) is 6.25. The van der Waals surface area contributed by atoms with Gasteiger partial charge in [-0.05, 0) is 23.7 Å². The van der Waals surface area contributed by atoms with Crippen LogP contribution in [0.25, 0.3) is 0 Å². The molecule has 0 saturated heterocycles. The van der Waals surface area contributed by atoms with Crippen molar-refractivity contribution in [2.75, 3.05) is 0 Å². The number of carbonyl (C=O) groups excluding carboxylic acids is 1. The summed E-state index contributed by atoms with van der Waals surface area (Å²) in [6, 6.07) is 17.8. The first-order chi connectivity index (χ1) is 12.5. The Morgan fingerprint density at radius 1 is 1.04 bits per heavy atom. The van der Waals surface area contributed by atoms with E-state index < -0.39 is 25.8 Å². The maximum Gasteiger partial charge on any atom is 0.201 e. The van der Waals surface area contributed by atoms with Crippen molar-refractivity contribution in [1.82, 2.24) is 0 Å². The number of rotatable bonds is 7. The Balaban J connectivity index is 2.58. The van der Waals surface area contributed by atoms with Crippen LogP contribution in [0.2, 0.25) is 18.1 Å². The normalized spacial score (nSPS) is 15.6. The van der Waals surface area contributed by atoms with E-state index in [1.165, 1.54) is 0 Å². The monoisotopic (exact) mass is 382 g/mol. The zero-order chi connectivity index (χ0) is 20.3. The number of hydrogen-bond donors (Lipinski definition) is 1. The van der Waals surface area contributed by atoms with Crippen LogP contribution in [-0.4, -0.2) is 25.3 Å². The minimum atomic E-state index is -2.26. The van der Waals surface area contributed by atoms with Gasteiger partial charge in [-0.1, -0.05) is 87.5 Å². The van der Waals surface area contributed by atoms with Crippen LogP contribution in [0.5, 0.6) is 0 Å². The van der Waals surface area contributed by atoms with Crippen LogP contribution in [0.3, 0.4) is 0 Å². The summed E-state index contributed by atoms with van der Waals surface area (Å²) in [7, 11) is -2.26. The van der Waals surface area contributed by atoms with Crippen LogP contribution in [0.1, 0.15) is 36.7 Å². The molecule has 1 N–H and O–H groups in total. The highest BCUT2D eigenvalue weighted by molar-refractivity contribution is 6.74. The largest absolute Gasteiger partial charge is 0.407 e. The first-order valence-electron chi connectivity index (χ1n) is 9.22. The van der Waals surface area contributed by atoms with Gasteiger partial charge < -0.3 is 9.53 Å². The lowest BCUT2D eigenvalue weighted by atomic mass is 9.81. The standard InChI is InChI=1S/C23H30O3Si/c1-7-20(26-27(5,6)22(2,3)4)23(25,19-16-12-9-13-17-19)21(24)18-14-10-8-11-15-18/h7-17,20,25H,1H2,2-6H3. The summed E-state index contributed by atoms with van der Waals surface area (Å²) in [5, 5.41) is 11.7. The molecule has 2 aromatic rings. The highest BCUT2D eigenvalue weighted by Crippen LogP contribution is 2.41. The summed E-state index contributed by atoms with van der Waals surface area (Å²) in [5.41, 5.74) is -0.906. The van der Waals surface area contributed by atoms with E-state index in [0.717, 1.165) is 0 Å². The molecule has 0 fully saturated rings. The van der Waals surface area contributed by atoms with Gasteiger partial charge in [0.05, 0.1) is 0 Å². The van der Waals surface area contributed by atoms with Gasteiger partial charge in [0.15, 0.2) is 13.9 Å². The van der Waals surface area contributed by atoms with Crippen molar-refractivity contribution in [2.24, 2.45) is 0 Å². The third-order valence-corrected chi connectivity index (χ3v) is 9.91. The van der Waals surface area contributed by atoms with Gasteiger partial charge in [-0.25, -0.2) is 0 Å². The molecule has 0 radical (unpaired) electrons. The summed E-state index contributed by atoms with van der Waals surface area (Å²) in [5.74, 6) is -0.391. The average molecular weight is 383 g/mol. The molecule has 0 spiro atoms. The number of Topliss-reactive ketones (excluding diaryl/α,β-unsaturated/α-hetero) is 1. The van der Waals surface area contributed by atoms with Crippen molar-refractivity contribution in [1.29, 1.82) is 0 Å². The number of ketones is 1. The van der Waals surface area contributed by atoms with Gasteiger partial charge in [0.2, 0.25) is 5.78 Å². The first kappa shape index (κ1) is 21.3. The predicted molar refractivity (Wildman–Crippen MR) is 113 cm³/mol. The number of aliphatic hydroxyl groups is 1. The van der Waals surface area contributed by atoms with Crippen molar-refractivity contribution >= 4 is 14.1 Å². The smallest absolute Gasteiger partial charge is 0.201 e. The molecule has 2 aromatic carbocycles. The molecule has 0 saturated carbocycles. The Hall–Kier alpha value is -2.01. The number of carbonyl (C=O) groups is 1. The van der Waals surface area contributed by atoms with Gasteiger partial charge in [-0.2, -0.15) is 0 Å². The maximum absolute atomic E-state index is 13.4. The second-order valence-electron chi connectivity index (χ2n) is 8.36. The van der Waals surface area contributed by atoms with Crippen molar-refractivity contribution in [3.8, 4) is 0 Å². The van der Waals surface area contributed by atoms with E-state index >= 15 is 0 Å². The zero-order valence-electron chi connectivity index (χ0n) is 16.9. The summed E-state index contributed by atoms with van der Waals surface area (Å²) >= 11 is 0. The SMILES string of the molecule is C=CC(O[Si](C)(C)C(C)(C)C)C(O)(C(=O)c1ccccc1)c1ccccc1. The van der Waals surface area contributed by atoms with E-state index in [4.69, 9.17) is 4.43 Å². The molecular formula is C23H30O3Si. The fourth-order valence-electron chi connectivity index (χ4n) is 2.72. The molecule has 0 aliphatic carbocycles. The van der Waals surface area contributed by atoms with Crippen molar-refractivity contribution in [3.63, 3.8) is 0 Å². The summed E-state index contributed by atoms with van der Waals surface area (Å²) in [4.78, 5) is 13.4. The zero-order valence-corrected chi connectivity index (χ0v) is 17.9. The van der Waals surface area contributed by atoms with E-state index in [0.29, 0.717) is 11.1 Å². The fraction of sp³-hybridized carbons (Fsp3) is 0.348. The highest BCUT2D eigenvalue weighted by Gasteiger charge is 2.49. The number of hydrogen-bond acceptors (Lipinski definition) is 3. The van der Waals surface area contributed by atoms with Gasteiger partial charge >= 0.3 is 0 Å². The predicted octanol–water partition coefficient (Wildman–Crippen LogP) is 5.33. The second kappa shape index (κ2) is 7.93. The van der Waals surface area contributed by atoms with Crippen LogP contribution in [0.4, 0.5) is 0 Å². The molecule has 144 valence electrons. The third-order valence-electron chi connectivity index (χ3n) is 5.45. The average Bonchev–Trinajstić information content (AvgIpc) is 2.65. The molecule has 3 nitrogen and oxygen atoms in total. The van der Waals surface area contributed by atoms with Crippen molar-refractivity contribution < 1.29 is 14.3 Å². The molecule has 0 aliphatic heterocycles. The lowest BCUT2D eigenvalue weighted by Gasteiger charge is -2.43. The topological polar surface area (TPSA) is 46.5 Å². The molecule has 4 heteroatoms. The molecule has 0 heterocycles. The molecule has 2 rings (SSSR count). The van der Waals surface area contributed by atoms with E-state index in [9.17, 15) is 9.90 Å². The lowest BCUT2D eigenvalue weighted by molar-refractivity contribution is -0.0290. The molecule has 2 unspecified atom stereocenters. The Bertz CT molecular complexity index is 778. The first-order valence-corrected chi connectivity index (χ1v) is 12.1. The quantitative estimate of drug-likeness (QED) is 0.400. The summed E-state index contributed by atoms with van der Waals surface area (Å²) in [6.45, 7) is 14.5. The molecule has 2 atom stereocenters. The Labute approximate surface area is 163 Å². The van der Waals surface area contributed by atoms with Crippen LogP contribution in [0.15, 0.2) is 73.3 Å². The van der Waals surface area contributed by atoms with Gasteiger partial charge in [-0.3, -0.25) is 4.79 Å². The molecule has 0 amide bonds. The van der Waals surface area contributed by atoms with Crippen molar-refractivity contribution in [3.05, 3.63) is 84.4 Å². The third kappa shape index (κ3) is 4.29. The minimum Gasteiger partial charge on any atom is -0.407 e. The van der Waals surface area contributed by atoms with Crippen LogP contribution in [-0.2, 0) is 10.0 Å². The van der Waals surface area contributed by atoms with E-state index in [2.05, 4.69) is 40.4 Å². The van der Waals surface area contributed by atoms with E-state index in [1.807, 2.05) is 24.3 Å². The van der Waals surface area contributed by atoms with Crippen LogP contribution < -0.4 is 0 Å².